The fraction of sp³-hybridized carbons (Fsp3) is 0.882. The number of hydrogen-bond acceptors (Lipinski definition) is 0. The third-order valence-electron chi connectivity index (χ3n) is 5.46. The van der Waals surface area contributed by atoms with Crippen LogP contribution in [0.5, 0.6) is 0 Å². The zero-order chi connectivity index (χ0) is 13.9. The van der Waals surface area contributed by atoms with E-state index in [0.717, 1.165) is 12.3 Å². The second-order valence-electron chi connectivity index (χ2n) is 6.71. The molecular formula is C17H28F2. The molecule has 2 heteroatoms. The van der Waals surface area contributed by atoms with Crippen molar-refractivity contribution < 1.29 is 8.78 Å². The number of halogens is 2. The van der Waals surface area contributed by atoms with Crippen LogP contribution in [0, 0.1) is 23.7 Å². The molecule has 0 bridgehead atoms. The molecule has 2 atom stereocenters. The largest absolute Gasteiger partial charge is 0.254 e. The maximum atomic E-state index is 14.0. The minimum absolute atomic E-state index is 0.104. The average Bonchev–Trinajstić information content (AvgIpc) is 2.39. The molecule has 19 heavy (non-hydrogen) atoms. The van der Waals surface area contributed by atoms with Crippen LogP contribution in [0.4, 0.5) is 8.78 Å². The smallest absolute Gasteiger partial charge is 0.206 e. The summed E-state index contributed by atoms with van der Waals surface area (Å²) >= 11 is 0. The standard InChI is InChI=1S/C17H28F2/c1-3-5-13-6-8-14(9-7-13)15-10-11-16(4-2)17(18,19)12-15/h4,13-16H,2-3,5-12H2,1H3/t13?,14?,15-,16-/m1/s1. The Kier molecular flexibility index (Phi) is 5.03. The van der Waals surface area contributed by atoms with Crippen LogP contribution in [-0.4, -0.2) is 5.92 Å². The zero-order valence-corrected chi connectivity index (χ0v) is 12.2. The molecule has 0 saturated heterocycles. The second-order valence-corrected chi connectivity index (χ2v) is 6.71. The summed E-state index contributed by atoms with van der Waals surface area (Å²) in [5, 5.41) is 0. The predicted octanol–water partition coefficient (Wildman–Crippen LogP) is 5.83. The van der Waals surface area contributed by atoms with Gasteiger partial charge in [0.2, 0.25) is 0 Å². The van der Waals surface area contributed by atoms with E-state index in [1.165, 1.54) is 44.6 Å². The molecule has 0 aliphatic heterocycles. The number of hydrogen-bond donors (Lipinski definition) is 0. The van der Waals surface area contributed by atoms with Gasteiger partial charge in [-0.15, -0.1) is 6.58 Å². The first-order chi connectivity index (χ1) is 9.06. The van der Waals surface area contributed by atoms with Crippen molar-refractivity contribution in [1.82, 2.24) is 0 Å². The molecule has 0 spiro atoms. The highest BCUT2D eigenvalue weighted by atomic mass is 19.3. The molecule has 0 unspecified atom stereocenters. The quantitative estimate of drug-likeness (QED) is 0.564. The van der Waals surface area contributed by atoms with Crippen molar-refractivity contribution in [2.24, 2.45) is 23.7 Å². The van der Waals surface area contributed by atoms with Gasteiger partial charge in [0, 0.05) is 12.3 Å². The maximum Gasteiger partial charge on any atom is 0.254 e. The van der Waals surface area contributed by atoms with E-state index in [-0.39, 0.29) is 12.3 Å². The molecule has 2 aliphatic carbocycles. The molecular weight excluding hydrogens is 242 g/mol. The molecule has 0 aromatic carbocycles. The molecule has 0 heterocycles. The molecule has 2 aliphatic rings. The SMILES string of the molecule is C=C[C@@H]1CC[C@@H](C2CCC(CCC)CC2)CC1(F)F. The Hall–Kier alpha value is -0.400. The molecule has 0 amide bonds. The molecule has 0 aromatic heterocycles. The molecule has 110 valence electrons. The van der Waals surface area contributed by atoms with Crippen molar-refractivity contribution in [1.29, 1.82) is 0 Å². The van der Waals surface area contributed by atoms with E-state index in [2.05, 4.69) is 13.5 Å². The Labute approximate surface area is 116 Å². The van der Waals surface area contributed by atoms with Gasteiger partial charge in [-0.05, 0) is 43.4 Å². The van der Waals surface area contributed by atoms with Gasteiger partial charge in [0.05, 0.1) is 0 Å². The first-order valence-electron chi connectivity index (χ1n) is 8.07. The first-order valence-corrected chi connectivity index (χ1v) is 8.07. The van der Waals surface area contributed by atoms with E-state index in [1.807, 2.05) is 0 Å². The van der Waals surface area contributed by atoms with Gasteiger partial charge in [-0.3, -0.25) is 0 Å². The van der Waals surface area contributed by atoms with Crippen molar-refractivity contribution in [2.45, 2.75) is 70.6 Å². The van der Waals surface area contributed by atoms with Crippen molar-refractivity contribution in [3.8, 4) is 0 Å². The number of allylic oxidation sites excluding steroid dienone is 1. The Bertz CT molecular complexity index is 290. The lowest BCUT2D eigenvalue weighted by atomic mass is 9.67. The minimum atomic E-state index is -2.51. The normalized spacial score (nSPS) is 38.9. The van der Waals surface area contributed by atoms with Gasteiger partial charge in [0.1, 0.15) is 0 Å². The molecule has 0 radical (unpaired) electrons. The summed E-state index contributed by atoms with van der Waals surface area (Å²) < 4.78 is 28.0. The fourth-order valence-electron chi connectivity index (χ4n) is 4.26. The number of rotatable bonds is 4. The average molecular weight is 270 g/mol. The molecule has 2 fully saturated rings. The van der Waals surface area contributed by atoms with Gasteiger partial charge < -0.3 is 0 Å². The molecule has 2 saturated carbocycles. The van der Waals surface area contributed by atoms with Crippen molar-refractivity contribution in [3.63, 3.8) is 0 Å². The Morgan fingerprint density at radius 1 is 1.05 bits per heavy atom. The lowest BCUT2D eigenvalue weighted by molar-refractivity contribution is -0.0960. The first kappa shape index (κ1) is 15.0. The van der Waals surface area contributed by atoms with Gasteiger partial charge in [-0.2, -0.15) is 0 Å². The maximum absolute atomic E-state index is 14.0. The summed E-state index contributed by atoms with van der Waals surface area (Å²) in [6.07, 6.45) is 10.7. The van der Waals surface area contributed by atoms with Crippen LogP contribution in [0.3, 0.4) is 0 Å². The van der Waals surface area contributed by atoms with Gasteiger partial charge >= 0.3 is 0 Å². The van der Waals surface area contributed by atoms with Gasteiger partial charge in [0.25, 0.3) is 5.92 Å². The van der Waals surface area contributed by atoms with E-state index in [9.17, 15) is 8.78 Å². The highest BCUT2D eigenvalue weighted by molar-refractivity contribution is 4.96. The Morgan fingerprint density at radius 3 is 2.21 bits per heavy atom. The fourth-order valence-corrected chi connectivity index (χ4v) is 4.26. The van der Waals surface area contributed by atoms with E-state index >= 15 is 0 Å². The Morgan fingerprint density at radius 2 is 1.68 bits per heavy atom. The van der Waals surface area contributed by atoms with Crippen LogP contribution < -0.4 is 0 Å². The van der Waals surface area contributed by atoms with Crippen LogP contribution in [0.15, 0.2) is 12.7 Å². The Balaban J connectivity index is 1.86. The second kappa shape index (κ2) is 6.37. The van der Waals surface area contributed by atoms with Crippen LogP contribution in [0.2, 0.25) is 0 Å². The predicted molar refractivity (Wildman–Crippen MR) is 76.3 cm³/mol. The van der Waals surface area contributed by atoms with Crippen molar-refractivity contribution >= 4 is 0 Å². The van der Waals surface area contributed by atoms with Gasteiger partial charge in [0.15, 0.2) is 0 Å². The lowest BCUT2D eigenvalue weighted by Crippen LogP contribution is -2.38. The van der Waals surface area contributed by atoms with E-state index in [1.54, 1.807) is 0 Å². The number of alkyl halides is 2. The van der Waals surface area contributed by atoms with Crippen LogP contribution in [0.25, 0.3) is 0 Å². The summed E-state index contributed by atoms with van der Waals surface area (Å²) in [7, 11) is 0. The van der Waals surface area contributed by atoms with Crippen molar-refractivity contribution in [3.05, 3.63) is 12.7 Å². The van der Waals surface area contributed by atoms with Crippen molar-refractivity contribution in [2.75, 3.05) is 0 Å². The van der Waals surface area contributed by atoms with Gasteiger partial charge in [-0.1, -0.05) is 38.7 Å². The van der Waals surface area contributed by atoms with Crippen LogP contribution in [-0.2, 0) is 0 Å². The third-order valence-corrected chi connectivity index (χ3v) is 5.46. The topological polar surface area (TPSA) is 0 Å². The summed E-state index contributed by atoms with van der Waals surface area (Å²) in [5.41, 5.74) is 0. The summed E-state index contributed by atoms with van der Waals surface area (Å²) in [6.45, 7) is 5.81. The minimum Gasteiger partial charge on any atom is -0.206 e. The zero-order valence-electron chi connectivity index (χ0n) is 12.2. The highest BCUT2D eigenvalue weighted by Gasteiger charge is 2.45. The monoisotopic (exact) mass is 270 g/mol. The van der Waals surface area contributed by atoms with E-state index < -0.39 is 11.8 Å². The molecule has 0 N–H and O–H groups in total. The molecule has 0 nitrogen and oxygen atoms in total. The van der Waals surface area contributed by atoms with Gasteiger partial charge in [-0.25, -0.2) is 8.78 Å². The van der Waals surface area contributed by atoms with Crippen LogP contribution in [0.1, 0.15) is 64.7 Å². The summed E-state index contributed by atoms with van der Waals surface area (Å²) in [5.74, 6) is -1.41. The van der Waals surface area contributed by atoms with Crippen LogP contribution >= 0.6 is 0 Å². The summed E-state index contributed by atoms with van der Waals surface area (Å²) in [4.78, 5) is 0. The molecule has 2 rings (SSSR count). The summed E-state index contributed by atoms with van der Waals surface area (Å²) in [6, 6.07) is 0. The molecule has 0 aromatic rings. The highest BCUT2D eigenvalue weighted by Crippen LogP contribution is 2.48. The van der Waals surface area contributed by atoms with E-state index in [0.29, 0.717) is 12.3 Å². The third kappa shape index (κ3) is 3.58. The lowest BCUT2D eigenvalue weighted by Gasteiger charge is -2.40. The van der Waals surface area contributed by atoms with E-state index in [4.69, 9.17) is 0 Å².